The van der Waals surface area contributed by atoms with E-state index in [1.807, 2.05) is 19.9 Å². The van der Waals surface area contributed by atoms with Gasteiger partial charge in [0.15, 0.2) is 0 Å². The largest absolute Gasteiger partial charge is 0.126 e. The summed E-state index contributed by atoms with van der Waals surface area (Å²) < 4.78 is 0. The highest BCUT2D eigenvalue weighted by Gasteiger charge is 2.09. The first-order chi connectivity index (χ1) is 3.62. The minimum Gasteiger partial charge on any atom is -0.126 e. The van der Waals surface area contributed by atoms with Gasteiger partial charge in [-0.05, 0) is 5.41 Å². The van der Waals surface area contributed by atoms with Crippen molar-refractivity contribution in [3.05, 3.63) is 11.6 Å². The molecule has 2 heteroatoms. The number of alkyl halides is 1. The maximum absolute atomic E-state index is 5.56. The quantitative estimate of drug-likeness (QED) is 0.535. The molecule has 0 amide bonds. The molecule has 0 radical (unpaired) electrons. The molecule has 0 saturated carbocycles. The summed E-state index contributed by atoms with van der Waals surface area (Å²) in [5.74, 6) is 0.607. The molecule has 0 heterocycles. The molecule has 0 rings (SSSR count). The van der Waals surface area contributed by atoms with Gasteiger partial charge in [-0.25, -0.2) is 0 Å². The summed E-state index contributed by atoms with van der Waals surface area (Å²) in [6, 6.07) is 0. The Morgan fingerprint density at radius 1 is 1.50 bits per heavy atom. The van der Waals surface area contributed by atoms with Gasteiger partial charge in [0.1, 0.15) is 0 Å². The van der Waals surface area contributed by atoms with Gasteiger partial charge in [-0.3, -0.25) is 0 Å². The SMILES string of the molecule is CC(C)(C=CCl)CCl. The lowest BCUT2D eigenvalue weighted by Gasteiger charge is -2.13. The maximum atomic E-state index is 5.56. The van der Waals surface area contributed by atoms with E-state index in [0.717, 1.165) is 0 Å². The minimum atomic E-state index is 0.0449. The highest BCUT2D eigenvalue weighted by Crippen LogP contribution is 2.18. The van der Waals surface area contributed by atoms with E-state index >= 15 is 0 Å². The Hall–Kier alpha value is 0.320. The molecule has 8 heavy (non-hydrogen) atoms. The molecule has 0 aliphatic heterocycles. The van der Waals surface area contributed by atoms with Gasteiger partial charge in [-0.15, -0.1) is 11.6 Å². The van der Waals surface area contributed by atoms with E-state index in [9.17, 15) is 0 Å². The van der Waals surface area contributed by atoms with Gasteiger partial charge in [0.05, 0.1) is 0 Å². The van der Waals surface area contributed by atoms with Crippen molar-refractivity contribution in [3.63, 3.8) is 0 Å². The van der Waals surface area contributed by atoms with E-state index < -0.39 is 0 Å². The predicted molar refractivity (Wildman–Crippen MR) is 39.5 cm³/mol. The first kappa shape index (κ1) is 8.32. The van der Waals surface area contributed by atoms with E-state index in [2.05, 4.69) is 0 Å². The van der Waals surface area contributed by atoms with Crippen LogP contribution < -0.4 is 0 Å². The standard InChI is InChI=1S/C6H10Cl2/c1-6(2,5-8)3-4-7/h3-4H,5H2,1-2H3. The monoisotopic (exact) mass is 152 g/mol. The molecule has 0 aromatic carbocycles. The molecule has 0 aliphatic rings. The van der Waals surface area contributed by atoms with Crippen molar-refractivity contribution < 1.29 is 0 Å². The second kappa shape index (κ2) is 3.37. The van der Waals surface area contributed by atoms with E-state index in [0.29, 0.717) is 5.88 Å². The van der Waals surface area contributed by atoms with Gasteiger partial charge >= 0.3 is 0 Å². The van der Waals surface area contributed by atoms with Crippen LogP contribution in [0.2, 0.25) is 0 Å². The van der Waals surface area contributed by atoms with Crippen molar-refractivity contribution in [2.45, 2.75) is 13.8 Å². The highest BCUT2D eigenvalue weighted by molar-refractivity contribution is 6.25. The molecule has 0 spiro atoms. The first-order valence-corrected chi connectivity index (χ1v) is 3.43. The van der Waals surface area contributed by atoms with Crippen molar-refractivity contribution >= 4 is 23.2 Å². The maximum Gasteiger partial charge on any atom is 0.0309 e. The third-order valence-electron chi connectivity index (χ3n) is 0.859. The van der Waals surface area contributed by atoms with Gasteiger partial charge in [-0.2, -0.15) is 0 Å². The summed E-state index contributed by atoms with van der Waals surface area (Å²) in [4.78, 5) is 0. The Morgan fingerprint density at radius 2 is 2.00 bits per heavy atom. The smallest absolute Gasteiger partial charge is 0.0309 e. The summed E-state index contributed by atoms with van der Waals surface area (Å²) in [6.45, 7) is 4.05. The molecule has 0 aliphatic carbocycles. The van der Waals surface area contributed by atoms with Gasteiger partial charge < -0.3 is 0 Å². The van der Waals surface area contributed by atoms with Crippen LogP contribution in [0.3, 0.4) is 0 Å². The first-order valence-electron chi connectivity index (χ1n) is 2.46. The average molecular weight is 153 g/mol. The van der Waals surface area contributed by atoms with Crippen molar-refractivity contribution in [3.8, 4) is 0 Å². The van der Waals surface area contributed by atoms with Gasteiger partial charge in [0, 0.05) is 11.4 Å². The van der Waals surface area contributed by atoms with Crippen LogP contribution in [0.15, 0.2) is 11.6 Å². The van der Waals surface area contributed by atoms with E-state index in [-0.39, 0.29) is 5.41 Å². The van der Waals surface area contributed by atoms with Crippen LogP contribution in [0.4, 0.5) is 0 Å². The Morgan fingerprint density at radius 3 is 2.12 bits per heavy atom. The molecular weight excluding hydrogens is 143 g/mol. The minimum absolute atomic E-state index is 0.0449. The number of hydrogen-bond donors (Lipinski definition) is 0. The third-order valence-corrected chi connectivity index (χ3v) is 1.67. The van der Waals surface area contributed by atoms with Crippen LogP contribution in [-0.4, -0.2) is 5.88 Å². The normalized spacial score (nSPS) is 13.0. The molecule has 0 aromatic heterocycles. The molecule has 0 nitrogen and oxygen atoms in total. The molecule has 0 unspecified atom stereocenters. The molecule has 0 saturated heterocycles. The summed E-state index contributed by atoms with van der Waals surface area (Å²) in [5, 5.41) is 0. The van der Waals surface area contributed by atoms with Crippen molar-refractivity contribution in [1.29, 1.82) is 0 Å². The topological polar surface area (TPSA) is 0 Å². The van der Waals surface area contributed by atoms with Crippen LogP contribution in [0.1, 0.15) is 13.8 Å². The zero-order chi connectivity index (χ0) is 6.62. The summed E-state index contributed by atoms with van der Waals surface area (Å²) in [5.41, 5.74) is 1.55. The molecule has 0 atom stereocenters. The fourth-order valence-corrected chi connectivity index (χ4v) is 0.645. The number of hydrogen-bond acceptors (Lipinski definition) is 0. The Kier molecular flexibility index (Phi) is 3.50. The van der Waals surface area contributed by atoms with Gasteiger partial charge in [0.2, 0.25) is 0 Å². The zero-order valence-electron chi connectivity index (χ0n) is 5.12. The molecule has 0 fully saturated rings. The van der Waals surface area contributed by atoms with E-state index in [1.165, 1.54) is 5.54 Å². The lowest BCUT2D eigenvalue weighted by molar-refractivity contribution is 0.553. The highest BCUT2D eigenvalue weighted by atomic mass is 35.5. The number of halogens is 2. The van der Waals surface area contributed by atoms with Crippen LogP contribution in [0.5, 0.6) is 0 Å². The Balaban J connectivity index is 3.71. The lowest BCUT2D eigenvalue weighted by Crippen LogP contribution is -2.07. The van der Waals surface area contributed by atoms with Crippen LogP contribution in [0, 0.1) is 5.41 Å². The van der Waals surface area contributed by atoms with Crippen LogP contribution in [-0.2, 0) is 0 Å². The summed E-state index contributed by atoms with van der Waals surface area (Å²) in [7, 11) is 0. The third kappa shape index (κ3) is 3.34. The van der Waals surface area contributed by atoms with Crippen LogP contribution in [0.25, 0.3) is 0 Å². The summed E-state index contributed by atoms with van der Waals surface area (Å²) in [6.07, 6.45) is 1.88. The van der Waals surface area contributed by atoms with Gasteiger partial charge in [0.25, 0.3) is 0 Å². The van der Waals surface area contributed by atoms with Crippen molar-refractivity contribution in [1.82, 2.24) is 0 Å². The van der Waals surface area contributed by atoms with E-state index in [4.69, 9.17) is 23.2 Å². The number of rotatable bonds is 2. The predicted octanol–water partition coefficient (Wildman–Crippen LogP) is 3.00. The second-order valence-electron chi connectivity index (χ2n) is 2.41. The van der Waals surface area contributed by atoms with E-state index in [1.54, 1.807) is 0 Å². The zero-order valence-corrected chi connectivity index (χ0v) is 6.63. The fraction of sp³-hybridized carbons (Fsp3) is 0.667. The molecular formula is C6H10Cl2. The molecule has 0 N–H and O–H groups in total. The molecule has 0 aromatic rings. The van der Waals surface area contributed by atoms with Crippen LogP contribution >= 0.6 is 23.2 Å². The Bertz CT molecular complexity index is 84.5. The second-order valence-corrected chi connectivity index (χ2v) is 2.93. The lowest BCUT2D eigenvalue weighted by atomic mass is 9.97. The molecule has 0 bridgehead atoms. The Labute approximate surface area is 60.5 Å². The molecule has 48 valence electrons. The summed E-state index contributed by atoms with van der Waals surface area (Å²) >= 11 is 10.9. The number of allylic oxidation sites excluding steroid dienone is 1. The average Bonchev–Trinajstić information content (AvgIpc) is 1.67. The van der Waals surface area contributed by atoms with Crippen molar-refractivity contribution in [2.75, 3.05) is 5.88 Å². The van der Waals surface area contributed by atoms with Crippen molar-refractivity contribution in [2.24, 2.45) is 5.41 Å². The van der Waals surface area contributed by atoms with Gasteiger partial charge in [-0.1, -0.05) is 31.5 Å². The fourth-order valence-electron chi connectivity index (χ4n) is 0.215.